The molecule has 0 unspecified atom stereocenters. The number of amides is 1. The maximum absolute atomic E-state index is 10.2. The average Bonchev–Trinajstić information content (AvgIpc) is 2.05. The molecule has 0 aliphatic carbocycles. The van der Waals surface area contributed by atoms with E-state index in [0.29, 0.717) is 5.69 Å². The molecule has 0 radical (unpaired) electrons. The molecule has 0 bridgehead atoms. The number of hydrogen-bond acceptors (Lipinski definition) is 4. The van der Waals surface area contributed by atoms with Crippen molar-refractivity contribution in [1.82, 2.24) is 10.2 Å². The molecular weight excluding hydrogens is 158 g/mol. The molecule has 1 rings (SSSR count). The zero-order valence-electron chi connectivity index (χ0n) is 6.23. The third-order valence-electron chi connectivity index (χ3n) is 1.08. The molecule has 12 heavy (non-hydrogen) atoms. The molecule has 0 saturated carbocycles. The minimum atomic E-state index is -0.907. The van der Waals surface area contributed by atoms with Crippen molar-refractivity contribution in [2.75, 3.05) is 0 Å². The van der Waals surface area contributed by atoms with Gasteiger partial charge in [0.1, 0.15) is 0 Å². The predicted molar refractivity (Wildman–Crippen MR) is 42.3 cm³/mol. The number of ether oxygens (including phenoxy) is 1. The van der Waals surface area contributed by atoms with Crippen LogP contribution < -0.4 is 10.5 Å². The summed E-state index contributed by atoms with van der Waals surface area (Å²) in [6.45, 7) is 3.49. The highest BCUT2D eigenvalue weighted by molar-refractivity contribution is 5.67. The van der Waals surface area contributed by atoms with Crippen molar-refractivity contribution in [2.24, 2.45) is 5.73 Å². The summed E-state index contributed by atoms with van der Waals surface area (Å²) in [5.74, 6) is 0.0769. The molecule has 62 valence electrons. The monoisotopic (exact) mass is 165 g/mol. The van der Waals surface area contributed by atoms with E-state index in [-0.39, 0.29) is 5.88 Å². The summed E-state index contributed by atoms with van der Waals surface area (Å²) < 4.78 is 4.44. The first-order valence-electron chi connectivity index (χ1n) is 3.16. The van der Waals surface area contributed by atoms with Gasteiger partial charge < -0.3 is 10.5 Å². The quantitative estimate of drug-likeness (QED) is 0.695. The maximum atomic E-state index is 10.2. The molecule has 0 fully saturated rings. The van der Waals surface area contributed by atoms with Gasteiger partial charge in [-0.1, -0.05) is 6.58 Å². The molecule has 0 aromatic carbocycles. The van der Waals surface area contributed by atoms with E-state index in [2.05, 4.69) is 21.5 Å². The second-order valence-corrected chi connectivity index (χ2v) is 1.92. The highest BCUT2D eigenvalue weighted by Gasteiger charge is 1.99. The lowest BCUT2D eigenvalue weighted by atomic mass is 10.4. The fourth-order valence-corrected chi connectivity index (χ4v) is 0.597. The lowest BCUT2D eigenvalue weighted by molar-refractivity contribution is 0.208. The van der Waals surface area contributed by atoms with Crippen molar-refractivity contribution in [3.05, 3.63) is 24.4 Å². The highest BCUT2D eigenvalue weighted by Crippen LogP contribution is 2.04. The summed E-state index contributed by atoms with van der Waals surface area (Å²) in [4.78, 5) is 10.2. The number of aromatic nitrogens is 2. The first kappa shape index (κ1) is 8.19. The van der Waals surface area contributed by atoms with E-state index in [4.69, 9.17) is 5.73 Å². The minimum Gasteiger partial charge on any atom is -0.390 e. The van der Waals surface area contributed by atoms with Crippen molar-refractivity contribution in [2.45, 2.75) is 0 Å². The Bertz CT molecular complexity index is 294. The van der Waals surface area contributed by atoms with Gasteiger partial charge >= 0.3 is 6.09 Å². The predicted octanol–water partition coefficient (Wildman–Crippen LogP) is 0.577. The molecule has 0 aliphatic heterocycles. The normalized spacial score (nSPS) is 9.00. The molecule has 0 saturated heterocycles. The van der Waals surface area contributed by atoms with Crippen LogP contribution in [0.4, 0.5) is 4.79 Å². The van der Waals surface area contributed by atoms with Gasteiger partial charge in [0.05, 0.1) is 5.69 Å². The first-order valence-corrected chi connectivity index (χ1v) is 3.16. The number of carbonyl (C=O) groups excluding carboxylic acids is 1. The summed E-state index contributed by atoms with van der Waals surface area (Å²) in [5.41, 5.74) is 5.35. The molecule has 0 atom stereocenters. The molecule has 0 aliphatic rings. The molecule has 2 N–H and O–H groups in total. The van der Waals surface area contributed by atoms with Crippen LogP contribution in [-0.2, 0) is 0 Å². The van der Waals surface area contributed by atoms with E-state index in [1.54, 1.807) is 6.07 Å². The lowest BCUT2D eigenvalue weighted by Gasteiger charge is -1.97. The van der Waals surface area contributed by atoms with Gasteiger partial charge in [-0.2, -0.15) is 0 Å². The maximum Gasteiger partial charge on any atom is 0.411 e. The molecule has 0 spiro atoms. The fraction of sp³-hybridized carbons (Fsp3) is 0. The van der Waals surface area contributed by atoms with Gasteiger partial charge in [-0.15, -0.1) is 10.2 Å². The van der Waals surface area contributed by atoms with Gasteiger partial charge in [-0.05, 0) is 12.1 Å². The molecule has 5 heteroatoms. The van der Waals surface area contributed by atoms with Crippen LogP contribution in [0.15, 0.2) is 18.7 Å². The highest BCUT2D eigenvalue weighted by atomic mass is 16.6. The third kappa shape index (κ3) is 2.05. The number of carbonyl (C=O) groups is 1. The summed E-state index contributed by atoms with van der Waals surface area (Å²) >= 11 is 0. The Balaban J connectivity index is 2.77. The number of primary amides is 1. The summed E-state index contributed by atoms with van der Waals surface area (Å²) in [6.07, 6.45) is 0.622. The SMILES string of the molecule is C=Cc1ccc(OC(N)=O)nn1. The molecule has 5 nitrogen and oxygen atoms in total. The van der Waals surface area contributed by atoms with Crippen molar-refractivity contribution < 1.29 is 9.53 Å². The first-order chi connectivity index (χ1) is 5.72. The zero-order chi connectivity index (χ0) is 8.97. The molecule has 1 amide bonds. The zero-order valence-corrected chi connectivity index (χ0v) is 6.23. The molecular formula is C7H7N3O2. The Labute approximate surface area is 68.9 Å². The van der Waals surface area contributed by atoms with Crippen molar-refractivity contribution in [3.8, 4) is 5.88 Å². The number of hydrogen-bond donors (Lipinski definition) is 1. The Morgan fingerprint density at radius 2 is 2.33 bits per heavy atom. The second-order valence-electron chi connectivity index (χ2n) is 1.92. The van der Waals surface area contributed by atoms with Gasteiger partial charge in [0.15, 0.2) is 0 Å². The summed E-state index contributed by atoms with van der Waals surface area (Å²) in [7, 11) is 0. The van der Waals surface area contributed by atoms with Crippen LogP contribution in [0.25, 0.3) is 6.08 Å². The van der Waals surface area contributed by atoms with Gasteiger partial charge in [0.2, 0.25) is 5.88 Å². The molecule has 1 aromatic heterocycles. The van der Waals surface area contributed by atoms with Crippen LogP contribution in [0, 0.1) is 0 Å². The standard InChI is InChI=1S/C7H7N3O2/c1-2-5-3-4-6(10-9-5)12-7(8)11/h2-4H,1H2,(H2,8,11). The minimum absolute atomic E-state index is 0.0769. The lowest BCUT2D eigenvalue weighted by Crippen LogP contribution is -2.17. The Hall–Kier alpha value is -1.91. The Morgan fingerprint density at radius 3 is 2.75 bits per heavy atom. The van der Waals surface area contributed by atoms with E-state index in [1.165, 1.54) is 12.1 Å². The van der Waals surface area contributed by atoms with Gasteiger partial charge in [0.25, 0.3) is 0 Å². The second kappa shape index (κ2) is 3.47. The van der Waals surface area contributed by atoms with E-state index in [1.807, 2.05) is 0 Å². The van der Waals surface area contributed by atoms with Crippen LogP contribution in [0.3, 0.4) is 0 Å². The smallest absolute Gasteiger partial charge is 0.390 e. The Morgan fingerprint density at radius 1 is 1.58 bits per heavy atom. The summed E-state index contributed by atoms with van der Waals surface area (Å²) in [6, 6.07) is 3.09. The van der Waals surface area contributed by atoms with Crippen LogP contribution in [-0.4, -0.2) is 16.3 Å². The van der Waals surface area contributed by atoms with Crippen molar-refractivity contribution in [1.29, 1.82) is 0 Å². The third-order valence-corrected chi connectivity index (χ3v) is 1.08. The topological polar surface area (TPSA) is 78.1 Å². The molecule has 1 aromatic rings. The number of nitrogens with zero attached hydrogens (tertiary/aromatic N) is 2. The van der Waals surface area contributed by atoms with Gasteiger partial charge in [-0.3, -0.25) is 0 Å². The fourth-order valence-electron chi connectivity index (χ4n) is 0.597. The van der Waals surface area contributed by atoms with E-state index < -0.39 is 6.09 Å². The van der Waals surface area contributed by atoms with Crippen LogP contribution in [0.1, 0.15) is 5.69 Å². The van der Waals surface area contributed by atoms with E-state index >= 15 is 0 Å². The van der Waals surface area contributed by atoms with Crippen LogP contribution >= 0.6 is 0 Å². The van der Waals surface area contributed by atoms with Gasteiger partial charge in [0, 0.05) is 6.07 Å². The van der Waals surface area contributed by atoms with Crippen LogP contribution in [0.5, 0.6) is 5.88 Å². The number of nitrogens with two attached hydrogens (primary N) is 1. The van der Waals surface area contributed by atoms with Crippen molar-refractivity contribution in [3.63, 3.8) is 0 Å². The molecule has 1 heterocycles. The largest absolute Gasteiger partial charge is 0.411 e. The number of rotatable bonds is 2. The van der Waals surface area contributed by atoms with Gasteiger partial charge in [-0.25, -0.2) is 4.79 Å². The van der Waals surface area contributed by atoms with Crippen molar-refractivity contribution >= 4 is 12.2 Å². The summed E-state index contributed by atoms with van der Waals surface area (Å²) in [5, 5.41) is 7.19. The van der Waals surface area contributed by atoms with E-state index in [9.17, 15) is 4.79 Å². The van der Waals surface area contributed by atoms with Crippen LogP contribution in [0.2, 0.25) is 0 Å². The van der Waals surface area contributed by atoms with E-state index in [0.717, 1.165) is 0 Å². The average molecular weight is 165 g/mol. The Kier molecular flexibility index (Phi) is 2.37.